The van der Waals surface area contributed by atoms with E-state index in [-0.39, 0.29) is 12.5 Å². The highest BCUT2D eigenvalue weighted by molar-refractivity contribution is 7.87. The first-order chi connectivity index (χ1) is 10.4. The Morgan fingerprint density at radius 1 is 1.36 bits per heavy atom. The summed E-state index contributed by atoms with van der Waals surface area (Å²) in [5.74, 6) is 0.364. The number of carbonyl (C=O) groups excluding carboxylic acids is 1. The summed E-state index contributed by atoms with van der Waals surface area (Å²) in [7, 11) is -3.54. The smallest absolute Gasteiger partial charge is 0.279 e. The molecule has 22 heavy (non-hydrogen) atoms. The van der Waals surface area contributed by atoms with Gasteiger partial charge in [-0.2, -0.15) is 17.4 Å². The maximum absolute atomic E-state index is 12.2. The van der Waals surface area contributed by atoms with E-state index in [9.17, 15) is 13.2 Å². The molecule has 0 spiro atoms. The molecule has 122 valence electrons. The Labute approximate surface area is 130 Å². The molecule has 2 rings (SSSR count). The van der Waals surface area contributed by atoms with Crippen molar-refractivity contribution in [1.82, 2.24) is 9.03 Å². The molecule has 1 aromatic carbocycles. The van der Waals surface area contributed by atoms with Gasteiger partial charge >= 0.3 is 0 Å². The molecular weight excluding hydrogens is 306 g/mol. The summed E-state index contributed by atoms with van der Waals surface area (Å²) in [5.41, 5.74) is 1.31. The van der Waals surface area contributed by atoms with Gasteiger partial charge in [-0.1, -0.05) is 19.9 Å². The zero-order valence-electron chi connectivity index (χ0n) is 12.9. The van der Waals surface area contributed by atoms with Crippen molar-refractivity contribution in [3.63, 3.8) is 0 Å². The summed E-state index contributed by atoms with van der Waals surface area (Å²) >= 11 is 0. The van der Waals surface area contributed by atoms with Gasteiger partial charge in [0.25, 0.3) is 16.1 Å². The fourth-order valence-corrected chi connectivity index (χ4v) is 3.71. The fraction of sp³-hybridized carbons (Fsp3) is 0.500. The van der Waals surface area contributed by atoms with E-state index in [0.717, 1.165) is 5.56 Å². The maximum atomic E-state index is 12.2. The third kappa shape index (κ3) is 3.57. The van der Waals surface area contributed by atoms with Gasteiger partial charge in [-0.3, -0.25) is 4.79 Å². The topological polar surface area (TPSA) is 87.7 Å². The van der Waals surface area contributed by atoms with Crippen LogP contribution < -0.4 is 14.8 Å². The summed E-state index contributed by atoms with van der Waals surface area (Å²) in [6.07, 6.45) is 0. The maximum Gasteiger partial charge on any atom is 0.279 e. The largest absolute Gasteiger partial charge is 0.482 e. The minimum Gasteiger partial charge on any atom is -0.482 e. The number of anilines is 1. The molecular formula is C14H21N3O4S. The number of ether oxygens (including phenoxy) is 1. The number of carbonyl (C=O) groups is 1. The Bertz CT molecular complexity index is 656. The second kappa shape index (κ2) is 6.64. The van der Waals surface area contributed by atoms with E-state index >= 15 is 0 Å². The van der Waals surface area contributed by atoms with Gasteiger partial charge in [0.15, 0.2) is 6.61 Å². The number of rotatable bonds is 6. The molecule has 0 saturated carbocycles. The first kappa shape index (κ1) is 16.7. The molecule has 1 aliphatic rings. The van der Waals surface area contributed by atoms with Crippen LogP contribution in [-0.4, -0.2) is 38.3 Å². The number of amides is 1. The highest BCUT2D eigenvalue weighted by Crippen LogP contribution is 2.30. The van der Waals surface area contributed by atoms with E-state index < -0.39 is 16.3 Å². The van der Waals surface area contributed by atoms with E-state index in [2.05, 4.69) is 10.0 Å². The minimum absolute atomic E-state index is 0.00348. The molecule has 0 saturated heterocycles. The lowest BCUT2D eigenvalue weighted by molar-refractivity contribution is -0.118. The zero-order chi connectivity index (χ0) is 16.3. The molecule has 1 amide bonds. The van der Waals surface area contributed by atoms with E-state index in [1.807, 2.05) is 0 Å². The standard InChI is InChI=1S/C14H21N3O4S/c1-4-17(5-2)22(19,20)16-10(3)11-6-7-13-12(8-11)15-14(18)9-21-13/h6-8,10,16H,4-5,9H2,1-3H3,(H,15,18)/t10-/m1/s1. The van der Waals surface area contributed by atoms with Crippen molar-refractivity contribution in [2.75, 3.05) is 25.0 Å². The zero-order valence-corrected chi connectivity index (χ0v) is 13.7. The number of hydrogen-bond donors (Lipinski definition) is 2. The van der Waals surface area contributed by atoms with E-state index in [4.69, 9.17) is 4.74 Å². The number of nitrogens with one attached hydrogen (secondary N) is 2. The van der Waals surface area contributed by atoms with Crippen LogP contribution in [0.3, 0.4) is 0 Å². The van der Waals surface area contributed by atoms with Gasteiger partial charge in [-0.25, -0.2) is 0 Å². The lowest BCUT2D eigenvalue weighted by atomic mass is 10.1. The summed E-state index contributed by atoms with van der Waals surface area (Å²) < 4.78 is 33.8. The van der Waals surface area contributed by atoms with Gasteiger partial charge in [-0.15, -0.1) is 0 Å². The van der Waals surface area contributed by atoms with Gasteiger partial charge in [0.1, 0.15) is 5.75 Å². The van der Waals surface area contributed by atoms with Crippen LogP contribution in [0.2, 0.25) is 0 Å². The highest BCUT2D eigenvalue weighted by atomic mass is 32.2. The summed E-state index contributed by atoms with van der Waals surface area (Å²) in [4.78, 5) is 11.3. The summed E-state index contributed by atoms with van der Waals surface area (Å²) in [6.45, 7) is 6.16. The molecule has 8 heteroatoms. The van der Waals surface area contributed by atoms with Crippen LogP contribution in [0.4, 0.5) is 5.69 Å². The second-order valence-electron chi connectivity index (χ2n) is 5.02. The van der Waals surface area contributed by atoms with Crippen LogP contribution in [-0.2, 0) is 15.0 Å². The average Bonchev–Trinajstić information content (AvgIpc) is 2.46. The Hall–Kier alpha value is -1.64. The molecule has 1 aliphatic heterocycles. The SMILES string of the molecule is CCN(CC)S(=O)(=O)N[C@H](C)c1ccc2c(c1)NC(=O)CO2. The third-order valence-electron chi connectivity index (χ3n) is 3.51. The van der Waals surface area contributed by atoms with E-state index in [1.165, 1.54) is 4.31 Å². The minimum atomic E-state index is -3.54. The number of fused-ring (bicyclic) bond motifs is 1. The van der Waals surface area contributed by atoms with Gasteiger partial charge in [0.2, 0.25) is 0 Å². The van der Waals surface area contributed by atoms with Crippen LogP contribution >= 0.6 is 0 Å². The normalized spacial score (nSPS) is 15.9. The Morgan fingerprint density at radius 3 is 2.68 bits per heavy atom. The summed E-state index contributed by atoms with van der Waals surface area (Å²) in [5, 5.41) is 2.71. The number of nitrogens with zero attached hydrogens (tertiary/aromatic N) is 1. The first-order valence-electron chi connectivity index (χ1n) is 7.21. The van der Waals surface area contributed by atoms with Crippen LogP contribution in [0.25, 0.3) is 0 Å². The molecule has 1 aromatic rings. The van der Waals surface area contributed by atoms with Crippen LogP contribution in [0.1, 0.15) is 32.4 Å². The van der Waals surface area contributed by atoms with Crippen molar-refractivity contribution in [2.45, 2.75) is 26.8 Å². The molecule has 1 atom stereocenters. The quantitative estimate of drug-likeness (QED) is 0.823. The fourth-order valence-electron chi connectivity index (χ4n) is 2.30. The Kier molecular flexibility index (Phi) is 5.05. The predicted octanol–water partition coefficient (Wildman–Crippen LogP) is 1.25. The van der Waals surface area contributed by atoms with Crippen molar-refractivity contribution in [3.8, 4) is 5.75 Å². The predicted molar refractivity (Wildman–Crippen MR) is 84.0 cm³/mol. The molecule has 0 bridgehead atoms. The third-order valence-corrected chi connectivity index (χ3v) is 5.36. The molecule has 1 heterocycles. The molecule has 2 N–H and O–H groups in total. The molecule has 0 aromatic heterocycles. The monoisotopic (exact) mass is 327 g/mol. The Morgan fingerprint density at radius 2 is 2.05 bits per heavy atom. The van der Waals surface area contributed by atoms with Crippen LogP contribution in [0.15, 0.2) is 18.2 Å². The van der Waals surface area contributed by atoms with Crippen molar-refractivity contribution in [1.29, 1.82) is 0 Å². The van der Waals surface area contributed by atoms with Crippen LogP contribution in [0.5, 0.6) is 5.75 Å². The van der Waals surface area contributed by atoms with Crippen LogP contribution in [0, 0.1) is 0 Å². The number of hydrogen-bond acceptors (Lipinski definition) is 4. The summed E-state index contributed by atoms with van der Waals surface area (Å²) in [6, 6.07) is 4.81. The first-order valence-corrected chi connectivity index (χ1v) is 8.65. The van der Waals surface area contributed by atoms with Crippen molar-refractivity contribution in [2.24, 2.45) is 0 Å². The molecule has 0 fully saturated rings. The number of benzene rings is 1. The van der Waals surface area contributed by atoms with Gasteiger partial charge in [-0.05, 0) is 24.6 Å². The van der Waals surface area contributed by atoms with Gasteiger partial charge in [0.05, 0.1) is 5.69 Å². The van der Waals surface area contributed by atoms with Crippen molar-refractivity contribution < 1.29 is 17.9 Å². The van der Waals surface area contributed by atoms with Crippen molar-refractivity contribution in [3.05, 3.63) is 23.8 Å². The molecule has 7 nitrogen and oxygen atoms in total. The Balaban J connectivity index is 2.18. The van der Waals surface area contributed by atoms with Gasteiger partial charge < -0.3 is 10.1 Å². The lowest BCUT2D eigenvalue weighted by Gasteiger charge is -2.24. The lowest BCUT2D eigenvalue weighted by Crippen LogP contribution is -2.41. The second-order valence-corrected chi connectivity index (χ2v) is 6.72. The average molecular weight is 327 g/mol. The van der Waals surface area contributed by atoms with E-state index in [0.29, 0.717) is 24.5 Å². The van der Waals surface area contributed by atoms with Crippen molar-refractivity contribution >= 4 is 21.8 Å². The van der Waals surface area contributed by atoms with E-state index in [1.54, 1.807) is 39.0 Å². The molecule has 0 radical (unpaired) electrons. The molecule has 0 aliphatic carbocycles. The highest BCUT2D eigenvalue weighted by Gasteiger charge is 2.23. The van der Waals surface area contributed by atoms with Gasteiger partial charge in [0, 0.05) is 19.1 Å². The molecule has 0 unspecified atom stereocenters.